The topological polar surface area (TPSA) is 110 Å². The predicted molar refractivity (Wildman–Crippen MR) is 112 cm³/mol. The van der Waals surface area contributed by atoms with Crippen LogP contribution in [0.1, 0.15) is 18.4 Å². The number of nitrogens with zero attached hydrogens (tertiary/aromatic N) is 6. The van der Waals surface area contributed by atoms with E-state index in [0.29, 0.717) is 42.0 Å². The summed E-state index contributed by atoms with van der Waals surface area (Å²) in [5.74, 6) is -2.10. The van der Waals surface area contributed by atoms with Gasteiger partial charge < -0.3 is 14.5 Å². The van der Waals surface area contributed by atoms with E-state index >= 15 is 0 Å². The van der Waals surface area contributed by atoms with Crippen LogP contribution in [0.4, 0.5) is 14.6 Å². The number of anilines is 1. The minimum atomic E-state index is -1.03. The first-order valence-corrected chi connectivity index (χ1v) is 10.3. The van der Waals surface area contributed by atoms with Crippen LogP contribution in [0.25, 0.3) is 22.9 Å². The second-order valence-corrected chi connectivity index (χ2v) is 7.60. The van der Waals surface area contributed by atoms with Crippen LogP contribution in [0, 0.1) is 11.6 Å². The Hall–Kier alpha value is -4.15. The second kappa shape index (κ2) is 8.41. The molecule has 9 nitrogen and oxygen atoms in total. The smallest absolute Gasteiger partial charge is 0.326 e. The zero-order valence-electron chi connectivity index (χ0n) is 17.2. The Labute approximate surface area is 186 Å². The Bertz CT molecular complexity index is 1310. The van der Waals surface area contributed by atoms with E-state index in [4.69, 9.17) is 4.52 Å². The number of hydrogen-bond acceptors (Lipinski definition) is 7. The molecule has 1 N–H and O–H groups in total. The van der Waals surface area contributed by atoms with Gasteiger partial charge in [0.2, 0.25) is 0 Å². The van der Waals surface area contributed by atoms with E-state index in [9.17, 15) is 18.7 Å². The van der Waals surface area contributed by atoms with Gasteiger partial charge in [-0.25, -0.2) is 23.5 Å². The molecule has 1 aliphatic heterocycles. The van der Waals surface area contributed by atoms with E-state index in [1.165, 1.54) is 21.9 Å². The Kier molecular flexibility index (Phi) is 5.29. The quantitative estimate of drug-likeness (QED) is 0.474. The summed E-state index contributed by atoms with van der Waals surface area (Å²) in [5, 5.41) is 17.9. The minimum Gasteiger partial charge on any atom is -0.480 e. The van der Waals surface area contributed by atoms with Crippen LogP contribution in [-0.2, 0) is 11.3 Å². The number of halogens is 2. The van der Waals surface area contributed by atoms with Crippen molar-refractivity contribution in [2.45, 2.75) is 25.4 Å². The summed E-state index contributed by atoms with van der Waals surface area (Å²) in [6.07, 6.45) is 3.42. The highest BCUT2D eigenvalue weighted by atomic mass is 19.1. The number of aliphatic carboxylic acids is 1. The van der Waals surface area contributed by atoms with Gasteiger partial charge in [-0.05, 0) is 25.0 Å². The lowest BCUT2D eigenvalue weighted by atomic mass is 10.2. The van der Waals surface area contributed by atoms with Crippen LogP contribution in [0.3, 0.4) is 0 Å². The normalized spacial score (nSPS) is 15.8. The van der Waals surface area contributed by atoms with Gasteiger partial charge in [0, 0.05) is 18.2 Å². The van der Waals surface area contributed by atoms with Crippen molar-refractivity contribution >= 4 is 11.8 Å². The zero-order valence-corrected chi connectivity index (χ0v) is 17.2. The number of aromatic nitrogens is 5. The van der Waals surface area contributed by atoms with Crippen molar-refractivity contribution in [2.24, 2.45) is 0 Å². The van der Waals surface area contributed by atoms with Gasteiger partial charge in [-0.15, -0.1) is 0 Å². The average Bonchev–Trinajstić information content (AvgIpc) is 3.56. The summed E-state index contributed by atoms with van der Waals surface area (Å²) in [6.45, 7) is 0.479. The van der Waals surface area contributed by atoms with Crippen LogP contribution in [0.2, 0.25) is 0 Å². The summed E-state index contributed by atoms with van der Waals surface area (Å²) < 4.78 is 35.3. The SMILES string of the molecule is O=C(O)[C@@H]1CCCN1c1nc(-c2cc(-c3ccon3)n(Cc3ccccc3F)n2)ncc1F. The van der Waals surface area contributed by atoms with Crippen molar-refractivity contribution < 1.29 is 23.2 Å². The van der Waals surface area contributed by atoms with E-state index in [1.54, 1.807) is 30.3 Å². The molecule has 0 unspecified atom stereocenters. The van der Waals surface area contributed by atoms with Crippen molar-refractivity contribution in [3.8, 4) is 22.9 Å². The Morgan fingerprint density at radius 2 is 2.03 bits per heavy atom. The molecule has 3 aromatic heterocycles. The lowest BCUT2D eigenvalue weighted by molar-refractivity contribution is -0.138. The molecule has 0 bridgehead atoms. The third kappa shape index (κ3) is 3.93. The van der Waals surface area contributed by atoms with E-state index < -0.39 is 17.8 Å². The molecule has 5 rings (SSSR count). The molecular formula is C22H18F2N6O3. The maximum Gasteiger partial charge on any atom is 0.326 e. The molecule has 0 aliphatic carbocycles. The van der Waals surface area contributed by atoms with Gasteiger partial charge in [-0.1, -0.05) is 23.4 Å². The first kappa shape index (κ1) is 20.7. The number of carboxylic acid groups (broad SMARTS) is 1. The number of carbonyl (C=O) groups is 1. The highest BCUT2D eigenvalue weighted by molar-refractivity contribution is 5.78. The molecule has 4 heterocycles. The van der Waals surface area contributed by atoms with Crippen LogP contribution in [0.5, 0.6) is 0 Å². The van der Waals surface area contributed by atoms with E-state index in [1.807, 2.05) is 0 Å². The summed E-state index contributed by atoms with van der Waals surface area (Å²) in [7, 11) is 0. The predicted octanol–water partition coefficient (Wildman–Crippen LogP) is 3.38. The third-order valence-electron chi connectivity index (χ3n) is 5.52. The third-order valence-corrected chi connectivity index (χ3v) is 5.52. The van der Waals surface area contributed by atoms with E-state index in [2.05, 4.69) is 20.2 Å². The molecule has 168 valence electrons. The number of hydrogen-bond donors (Lipinski definition) is 1. The summed E-state index contributed by atoms with van der Waals surface area (Å²) in [4.78, 5) is 21.3. The lowest BCUT2D eigenvalue weighted by Crippen LogP contribution is -2.37. The van der Waals surface area contributed by atoms with Gasteiger partial charge in [-0.3, -0.25) is 4.68 Å². The Morgan fingerprint density at radius 1 is 1.18 bits per heavy atom. The van der Waals surface area contributed by atoms with Crippen LogP contribution < -0.4 is 4.90 Å². The fraction of sp³-hybridized carbons (Fsp3) is 0.227. The second-order valence-electron chi connectivity index (χ2n) is 7.60. The van der Waals surface area contributed by atoms with Gasteiger partial charge in [0.25, 0.3) is 0 Å². The Morgan fingerprint density at radius 3 is 2.79 bits per heavy atom. The highest BCUT2D eigenvalue weighted by Gasteiger charge is 2.33. The molecule has 0 radical (unpaired) electrons. The molecule has 0 saturated carbocycles. The minimum absolute atomic E-state index is 0.0865. The van der Waals surface area contributed by atoms with Gasteiger partial charge in [0.1, 0.15) is 29.5 Å². The Balaban J connectivity index is 1.56. The summed E-state index contributed by atoms with van der Waals surface area (Å²) in [6, 6.07) is 8.76. The molecule has 1 aromatic carbocycles. The van der Waals surface area contributed by atoms with Gasteiger partial charge in [0.05, 0.1) is 18.4 Å². The standard InChI is InChI=1S/C22H18F2N6O3/c23-14-5-2-1-4-13(14)12-30-19(16-7-9-33-28-16)10-17(27-30)20-25-11-15(24)21(26-20)29-8-3-6-18(29)22(31)32/h1-2,4-5,7,9-11,18H,3,6,8,12H2,(H,31,32)/t18-/m0/s1. The molecule has 4 aromatic rings. The average molecular weight is 452 g/mol. The van der Waals surface area contributed by atoms with E-state index in [-0.39, 0.29) is 24.0 Å². The molecule has 1 atom stereocenters. The zero-order chi connectivity index (χ0) is 22.9. The fourth-order valence-electron chi connectivity index (χ4n) is 3.95. The molecule has 33 heavy (non-hydrogen) atoms. The van der Waals surface area contributed by atoms with Crippen molar-refractivity contribution in [2.75, 3.05) is 11.4 Å². The number of benzene rings is 1. The first-order chi connectivity index (χ1) is 16.0. The largest absolute Gasteiger partial charge is 0.480 e. The maximum absolute atomic E-state index is 14.6. The maximum atomic E-state index is 14.6. The summed E-state index contributed by atoms with van der Waals surface area (Å²) in [5.41, 5.74) is 1.72. The number of carboxylic acids is 1. The highest BCUT2D eigenvalue weighted by Crippen LogP contribution is 2.30. The fourth-order valence-corrected chi connectivity index (χ4v) is 3.95. The van der Waals surface area contributed by atoms with E-state index in [0.717, 1.165) is 6.20 Å². The van der Waals surface area contributed by atoms with Crippen LogP contribution >= 0.6 is 0 Å². The number of rotatable bonds is 6. The lowest BCUT2D eigenvalue weighted by Gasteiger charge is -2.22. The van der Waals surface area contributed by atoms with Crippen molar-refractivity contribution in [3.05, 3.63) is 66.1 Å². The van der Waals surface area contributed by atoms with Crippen LogP contribution in [0.15, 0.2) is 53.4 Å². The molecule has 0 spiro atoms. The van der Waals surface area contributed by atoms with Crippen molar-refractivity contribution in [1.29, 1.82) is 0 Å². The van der Waals surface area contributed by atoms with Gasteiger partial charge >= 0.3 is 5.97 Å². The van der Waals surface area contributed by atoms with Crippen molar-refractivity contribution in [1.82, 2.24) is 24.9 Å². The van der Waals surface area contributed by atoms with Gasteiger partial charge in [0.15, 0.2) is 17.5 Å². The molecule has 1 aliphatic rings. The monoisotopic (exact) mass is 452 g/mol. The first-order valence-electron chi connectivity index (χ1n) is 10.3. The molecule has 1 saturated heterocycles. The molecule has 1 fully saturated rings. The van der Waals surface area contributed by atoms with Crippen molar-refractivity contribution in [3.63, 3.8) is 0 Å². The van der Waals surface area contributed by atoms with Crippen LogP contribution in [-0.4, -0.2) is 48.6 Å². The van der Waals surface area contributed by atoms with Gasteiger partial charge in [-0.2, -0.15) is 5.10 Å². The summed E-state index contributed by atoms with van der Waals surface area (Å²) >= 11 is 0. The molecule has 0 amide bonds. The molecule has 11 heteroatoms. The molecular weight excluding hydrogens is 434 g/mol.